The summed E-state index contributed by atoms with van der Waals surface area (Å²) in [5.74, 6) is -0.481. The third-order valence-corrected chi connectivity index (χ3v) is 2.35. The fourth-order valence-corrected chi connectivity index (χ4v) is 1.38. The quantitative estimate of drug-likeness (QED) is 0.804. The molecule has 1 aromatic carbocycles. The fraction of sp³-hybridized carbons (Fsp3) is 0.273. The minimum Gasteiger partial charge on any atom is -0.480 e. The zero-order valence-corrected chi connectivity index (χ0v) is 9.10. The Morgan fingerprint density at radius 3 is 2.76 bits per heavy atom. The van der Waals surface area contributed by atoms with E-state index in [9.17, 15) is 9.59 Å². The topological polar surface area (TPSA) is 84.9 Å². The summed E-state index contributed by atoms with van der Waals surface area (Å²) >= 11 is 0. The monoisotopic (exact) mass is 237 g/mol. The molecule has 2 rings (SSSR count). The van der Waals surface area contributed by atoms with Crippen LogP contribution in [0.4, 0.5) is 0 Å². The van der Waals surface area contributed by atoms with Gasteiger partial charge in [0.15, 0.2) is 11.5 Å². The molecular weight excluding hydrogens is 226 g/mol. The van der Waals surface area contributed by atoms with Gasteiger partial charge in [0, 0.05) is 5.56 Å². The van der Waals surface area contributed by atoms with Crippen LogP contribution in [0.25, 0.3) is 0 Å². The van der Waals surface area contributed by atoms with Crippen LogP contribution in [0, 0.1) is 0 Å². The van der Waals surface area contributed by atoms with Crippen molar-refractivity contribution in [2.24, 2.45) is 0 Å². The first-order valence-corrected chi connectivity index (χ1v) is 5.01. The smallest absolute Gasteiger partial charge is 0.325 e. The van der Waals surface area contributed by atoms with E-state index < -0.39 is 17.9 Å². The Bertz CT molecular complexity index is 471. The molecule has 17 heavy (non-hydrogen) atoms. The number of amides is 1. The van der Waals surface area contributed by atoms with Gasteiger partial charge in [0.25, 0.3) is 5.91 Å². The van der Waals surface area contributed by atoms with Crippen molar-refractivity contribution in [3.8, 4) is 11.5 Å². The van der Waals surface area contributed by atoms with Crippen molar-refractivity contribution < 1.29 is 24.2 Å². The average Bonchev–Trinajstić information content (AvgIpc) is 2.75. The van der Waals surface area contributed by atoms with Crippen molar-refractivity contribution >= 4 is 11.9 Å². The first kappa shape index (κ1) is 11.3. The van der Waals surface area contributed by atoms with Gasteiger partial charge in [-0.1, -0.05) is 0 Å². The molecule has 1 aliphatic rings. The van der Waals surface area contributed by atoms with E-state index in [0.29, 0.717) is 17.1 Å². The van der Waals surface area contributed by atoms with Gasteiger partial charge in [0.2, 0.25) is 6.79 Å². The van der Waals surface area contributed by atoms with Crippen LogP contribution in [0.2, 0.25) is 0 Å². The zero-order chi connectivity index (χ0) is 12.4. The number of hydrogen-bond donors (Lipinski definition) is 2. The second-order valence-corrected chi connectivity index (χ2v) is 3.60. The van der Waals surface area contributed by atoms with Crippen molar-refractivity contribution in [1.29, 1.82) is 0 Å². The van der Waals surface area contributed by atoms with Gasteiger partial charge in [0.05, 0.1) is 0 Å². The maximum Gasteiger partial charge on any atom is 0.325 e. The lowest BCUT2D eigenvalue weighted by Gasteiger charge is -2.09. The van der Waals surface area contributed by atoms with Gasteiger partial charge in [0.1, 0.15) is 6.04 Å². The van der Waals surface area contributed by atoms with Crippen molar-refractivity contribution in [2.45, 2.75) is 13.0 Å². The largest absolute Gasteiger partial charge is 0.480 e. The first-order valence-electron chi connectivity index (χ1n) is 5.01. The maximum absolute atomic E-state index is 11.7. The van der Waals surface area contributed by atoms with Crippen LogP contribution in [0.1, 0.15) is 17.3 Å². The number of carboxylic acids is 1. The Hall–Kier alpha value is -2.24. The van der Waals surface area contributed by atoms with Gasteiger partial charge in [-0.3, -0.25) is 9.59 Å². The number of benzene rings is 1. The molecule has 0 saturated heterocycles. The van der Waals surface area contributed by atoms with Gasteiger partial charge < -0.3 is 19.9 Å². The molecule has 1 aliphatic heterocycles. The SMILES string of the molecule is C[C@H](NC(=O)c1ccc2c(c1)OCO2)C(=O)O. The molecule has 1 atom stereocenters. The number of carboxylic acid groups (broad SMARTS) is 1. The molecule has 0 spiro atoms. The molecule has 1 heterocycles. The highest BCUT2D eigenvalue weighted by Crippen LogP contribution is 2.32. The second-order valence-electron chi connectivity index (χ2n) is 3.60. The molecule has 2 N–H and O–H groups in total. The lowest BCUT2D eigenvalue weighted by molar-refractivity contribution is -0.138. The zero-order valence-electron chi connectivity index (χ0n) is 9.10. The van der Waals surface area contributed by atoms with Crippen molar-refractivity contribution in [2.75, 3.05) is 6.79 Å². The number of fused-ring (bicyclic) bond motifs is 1. The fourth-order valence-electron chi connectivity index (χ4n) is 1.38. The Labute approximate surface area is 97.1 Å². The van der Waals surface area contributed by atoms with Gasteiger partial charge >= 0.3 is 5.97 Å². The number of carbonyl (C=O) groups is 2. The number of hydrogen-bond acceptors (Lipinski definition) is 4. The number of aliphatic carboxylic acids is 1. The van der Waals surface area contributed by atoms with Crippen LogP contribution in [-0.2, 0) is 4.79 Å². The van der Waals surface area contributed by atoms with E-state index in [2.05, 4.69) is 5.32 Å². The second kappa shape index (κ2) is 4.32. The summed E-state index contributed by atoms with van der Waals surface area (Å²) in [6.45, 7) is 1.53. The first-order chi connectivity index (χ1) is 8.08. The van der Waals surface area contributed by atoms with E-state index in [4.69, 9.17) is 14.6 Å². The van der Waals surface area contributed by atoms with Crippen molar-refractivity contribution in [1.82, 2.24) is 5.32 Å². The molecule has 1 aromatic rings. The highest BCUT2D eigenvalue weighted by atomic mass is 16.7. The molecule has 6 heteroatoms. The molecule has 90 valence electrons. The molecule has 0 saturated carbocycles. The summed E-state index contributed by atoms with van der Waals surface area (Å²) in [6, 6.07) is 3.75. The highest BCUT2D eigenvalue weighted by molar-refractivity contribution is 5.97. The number of nitrogens with one attached hydrogen (secondary N) is 1. The number of carbonyl (C=O) groups excluding carboxylic acids is 1. The Balaban J connectivity index is 2.12. The van der Waals surface area contributed by atoms with Crippen LogP contribution >= 0.6 is 0 Å². The molecule has 0 aliphatic carbocycles. The minimum atomic E-state index is -1.08. The summed E-state index contributed by atoms with van der Waals surface area (Å²) in [6.07, 6.45) is 0. The normalized spacial score (nSPS) is 14.2. The third-order valence-electron chi connectivity index (χ3n) is 2.35. The molecule has 6 nitrogen and oxygen atoms in total. The van der Waals surface area contributed by atoms with Crippen LogP contribution in [-0.4, -0.2) is 29.8 Å². The van der Waals surface area contributed by atoms with Crippen LogP contribution in [0.3, 0.4) is 0 Å². The molecular formula is C11H11NO5. The summed E-state index contributed by atoms with van der Waals surface area (Å²) in [7, 11) is 0. The van der Waals surface area contributed by atoms with E-state index in [1.807, 2.05) is 0 Å². The molecule has 0 bridgehead atoms. The van der Waals surface area contributed by atoms with Crippen molar-refractivity contribution in [3.63, 3.8) is 0 Å². The molecule has 0 radical (unpaired) electrons. The Kier molecular flexibility index (Phi) is 2.86. The number of ether oxygens (including phenoxy) is 2. The van der Waals surface area contributed by atoms with Gasteiger partial charge in [-0.2, -0.15) is 0 Å². The average molecular weight is 237 g/mol. The standard InChI is InChI=1S/C11H11NO5/c1-6(11(14)15)12-10(13)7-2-3-8-9(4-7)17-5-16-8/h2-4,6H,5H2,1H3,(H,12,13)(H,14,15)/t6-/m0/s1. The summed E-state index contributed by atoms with van der Waals surface area (Å²) in [4.78, 5) is 22.3. The Morgan fingerprint density at radius 2 is 2.06 bits per heavy atom. The minimum absolute atomic E-state index is 0.131. The molecule has 1 amide bonds. The maximum atomic E-state index is 11.7. The van der Waals surface area contributed by atoms with E-state index >= 15 is 0 Å². The summed E-state index contributed by atoms with van der Waals surface area (Å²) < 4.78 is 10.2. The van der Waals surface area contributed by atoms with Gasteiger partial charge in [-0.15, -0.1) is 0 Å². The van der Waals surface area contributed by atoms with E-state index in [1.165, 1.54) is 13.0 Å². The molecule has 0 aromatic heterocycles. The lowest BCUT2D eigenvalue weighted by atomic mass is 10.2. The van der Waals surface area contributed by atoms with Crippen LogP contribution in [0.5, 0.6) is 11.5 Å². The summed E-state index contributed by atoms with van der Waals surface area (Å²) in [5.41, 5.74) is 0.336. The van der Waals surface area contributed by atoms with Gasteiger partial charge in [-0.25, -0.2) is 0 Å². The Morgan fingerprint density at radius 1 is 1.35 bits per heavy atom. The predicted molar refractivity (Wildman–Crippen MR) is 57.1 cm³/mol. The predicted octanol–water partition coefficient (Wildman–Crippen LogP) is 0.618. The van der Waals surface area contributed by atoms with E-state index in [1.54, 1.807) is 12.1 Å². The van der Waals surface area contributed by atoms with Crippen LogP contribution in [0.15, 0.2) is 18.2 Å². The van der Waals surface area contributed by atoms with Gasteiger partial charge in [-0.05, 0) is 25.1 Å². The molecule has 0 unspecified atom stereocenters. The molecule has 0 fully saturated rings. The van der Waals surface area contributed by atoms with Crippen molar-refractivity contribution in [3.05, 3.63) is 23.8 Å². The highest BCUT2D eigenvalue weighted by Gasteiger charge is 2.19. The summed E-state index contributed by atoms with van der Waals surface area (Å²) in [5, 5.41) is 11.0. The lowest BCUT2D eigenvalue weighted by Crippen LogP contribution is -2.38. The van der Waals surface area contributed by atoms with E-state index in [0.717, 1.165) is 0 Å². The van der Waals surface area contributed by atoms with Crippen LogP contribution < -0.4 is 14.8 Å². The van der Waals surface area contributed by atoms with E-state index in [-0.39, 0.29) is 6.79 Å². The number of rotatable bonds is 3. The third kappa shape index (κ3) is 2.30.